The van der Waals surface area contributed by atoms with Crippen molar-refractivity contribution >= 4 is 5.97 Å². The molecule has 0 aliphatic rings. The maximum atomic E-state index is 9.85. The largest absolute Gasteiger partial charge is 0.478 e. The van der Waals surface area contributed by atoms with E-state index in [0.717, 1.165) is 6.08 Å². The van der Waals surface area contributed by atoms with Gasteiger partial charge in [0, 0.05) is 6.08 Å². The number of aliphatic carboxylic acids is 1. The van der Waals surface area contributed by atoms with Crippen molar-refractivity contribution in [2.24, 2.45) is 0 Å². The molecule has 1 N–H and O–H groups in total. The molecule has 0 atom stereocenters. The Morgan fingerprint density at radius 1 is 1.80 bits per heavy atom. The molecule has 10 heavy (non-hydrogen) atoms. The first-order valence-corrected chi connectivity index (χ1v) is 2.68. The van der Waals surface area contributed by atoms with Crippen LogP contribution in [0.25, 0.3) is 0 Å². The lowest BCUT2D eigenvalue weighted by atomic mass is 10.5. The summed E-state index contributed by atoms with van der Waals surface area (Å²) < 4.78 is 4.75. The highest BCUT2D eigenvalue weighted by Crippen LogP contribution is 1.76. The molecule has 0 aliphatic heterocycles. The van der Waals surface area contributed by atoms with Crippen molar-refractivity contribution in [1.82, 2.24) is 0 Å². The van der Waals surface area contributed by atoms with Crippen molar-refractivity contribution in [2.75, 3.05) is 13.2 Å². The Kier molecular flexibility index (Phi) is 5.12. The summed E-state index contributed by atoms with van der Waals surface area (Å²) in [6.45, 7) is 0.459. The van der Waals surface area contributed by atoms with Gasteiger partial charge < -0.3 is 9.84 Å². The van der Waals surface area contributed by atoms with Crippen LogP contribution in [0.2, 0.25) is 0 Å². The predicted molar refractivity (Wildman–Crippen MR) is 36.4 cm³/mol. The number of hydrogen-bond donors (Lipinski definition) is 1. The van der Waals surface area contributed by atoms with Crippen LogP contribution >= 0.6 is 0 Å². The van der Waals surface area contributed by atoms with Gasteiger partial charge >= 0.3 is 5.97 Å². The average molecular weight is 140 g/mol. The summed E-state index contributed by atoms with van der Waals surface area (Å²) in [6, 6.07) is 0. The maximum Gasteiger partial charge on any atom is 0.328 e. The van der Waals surface area contributed by atoms with Crippen molar-refractivity contribution in [3.8, 4) is 12.3 Å². The molecule has 54 valence electrons. The third-order valence-corrected chi connectivity index (χ3v) is 0.660. The second-order valence-electron chi connectivity index (χ2n) is 1.46. The normalized spacial score (nSPS) is 9.50. The summed E-state index contributed by atoms with van der Waals surface area (Å²) in [5.41, 5.74) is 0. The third-order valence-electron chi connectivity index (χ3n) is 0.660. The number of terminal acetylenes is 1. The Bertz CT molecular complexity index is 164. The highest BCUT2D eigenvalue weighted by molar-refractivity contribution is 5.79. The second-order valence-corrected chi connectivity index (χ2v) is 1.46. The monoisotopic (exact) mass is 140 g/mol. The predicted octanol–water partition coefficient (Wildman–Crippen LogP) is 0.277. The molecule has 0 amide bonds. The van der Waals surface area contributed by atoms with Crippen LogP contribution in [0.3, 0.4) is 0 Å². The van der Waals surface area contributed by atoms with Crippen LogP contribution in [0, 0.1) is 12.3 Å². The molecule has 0 bridgehead atoms. The number of rotatable bonds is 4. The zero-order chi connectivity index (χ0) is 7.82. The van der Waals surface area contributed by atoms with E-state index in [9.17, 15) is 4.79 Å². The standard InChI is InChI=1S/C7H8O3/c1-2-5-10-6-3-4-7(8)9/h1,3-4H,5-6H2,(H,8,9)/b4-3+. The first-order valence-electron chi connectivity index (χ1n) is 2.68. The van der Waals surface area contributed by atoms with E-state index in [1.165, 1.54) is 6.08 Å². The van der Waals surface area contributed by atoms with Gasteiger partial charge in [-0.05, 0) is 0 Å². The molecule has 0 heterocycles. The van der Waals surface area contributed by atoms with E-state index in [4.69, 9.17) is 16.3 Å². The molecule has 0 fully saturated rings. The van der Waals surface area contributed by atoms with Crippen molar-refractivity contribution in [1.29, 1.82) is 0 Å². The molecular formula is C7H8O3. The van der Waals surface area contributed by atoms with E-state index < -0.39 is 5.97 Å². The molecule has 0 unspecified atom stereocenters. The molecule has 0 radical (unpaired) electrons. The Labute approximate surface area is 59.3 Å². The lowest BCUT2D eigenvalue weighted by Gasteiger charge is -1.89. The quantitative estimate of drug-likeness (QED) is 0.346. The summed E-state index contributed by atoms with van der Waals surface area (Å²) in [5, 5.41) is 8.09. The first-order chi connectivity index (χ1) is 4.77. The fourth-order valence-electron chi connectivity index (χ4n) is 0.335. The van der Waals surface area contributed by atoms with Gasteiger partial charge in [-0.2, -0.15) is 0 Å². The van der Waals surface area contributed by atoms with Crippen LogP contribution in [-0.4, -0.2) is 24.3 Å². The van der Waals surface area contributed by atoms with E-state index in [1.807, 2.05) is 0 Å². The summed E-state index contributed by atoms with van der Waals surface area (Å²) in [6.07, 6.45) is 7.25. The molecule has 3 heteroatoms. The Hall–Kier alpha value is -1.27. The lowest BCUT2D eigenvalue weighted by Crippen LogP contribution is -1.92. The van der Waals surface area contributed by atoms with E-state index in [1.54, 1.807) is 0 Å². The first kappa shape index (κ1) is 8.73. The van der Waals surface area contributed by atoms with Crippen LogP contribution in [0.15, 0.2) is 12.2 Å². The smallest absolute Gasteiger partial charge is 0.328 e. The van der Waals surface area contributed by atoms with E-state index in [-0.39, 0.29) is 13.2 Å². The van der Waals surface area contributed by atoms with Crippen LogP contribution in [0.4, 0.5) is 0 Å². The summed E-state index contributed by atoms with van der Waals surface area (Å²) in [4.78, 5) is 9.85. The molecular weight excluding hydrogens is 132 g/mol. The molecule has 0 aromatic heterocycles. The van der Waals surface area contributed by atoms with Gasteiger partial charge in [0.25, 0.3) is 0 Å². The topological polar surface area (TPSA) is 46.5 Å². The Balaban J connectivity index is 3.20. The van der Waals surface area contributed by atoms with Gasteiger partial charge in [0.1, 0.15) is 6.61 Å². The Morgan fingerprint density at radius 3 is 3.00 bits per heavy atom. The van der Waals surface area contributed by atoms with Gasteiger partial charge in [-0.1, -0.05) is 12.0 Å². The Morgan fingerprint density at radius 2 is 2.50 bits per heavy atom. The highest BCUT2D eigenvalue weighted by Gasteiger charge is 1.83. The molecule has 0 spiro atoms. The minimum atomic E-state index is -0.982. The lowest BCUT2D eigenvalue weighted by molar-refractivity contribution is -0.131. The minimum Gasteiger partial charge on any atom is -0.478 e. The number of carboxylic acid groups (broad SMARTS) is 1. The maximum absolute atomic E-state index is 9.85. The van der Waals surface area contributed by atoms with Gasteiger partial charge in [0.15, 0.2) is 0 Å². The fourth-order valence-corrected chi connectivity index (χ4v) is 0.335. The number of carboxylic acids is 1. The molecule has 0 aromatic carbocycles. The van der Waals surface area contributed by atoms with Gasteiger partial charge in [-0.15, -0.1) is 6.42 Å². The summed E-state index contributed by atoms with van der Waals surface area (Å²) >= 11 is 0. The van der Waals surface area contributed by atoms with E-state index in [2.05, 4.69) is 5.92 Å². The minimum absolute atomic E-state index is 0.212. The number of carbonyl (C=O) groups is 1. The number of hydrogen-bond acceptors (Lipinski definition) is 2. The molecule has 0 aromatic rings. The van der Waals surface area contributed by atoms with Crippen LogP contribution < -0.4 is 0 Å². The second kappa shape index (κ2) is 5.86. The van der Waals surface area contributed by atoms with Crippen LogP contribution in [0.1, 0.15) is 0 Å². The van der Waals surface area contributed by atoms with Gasteiger partial charge in [0.05, 0.1) is 6.61 Å². The zero-order valence-corrected chi connectivity index (χ0v) is 5.41. The van der Waals surface area contributed by atoms with Crippen molar-refractivity contribution in [3.63, 3.8) is 0 Å². The highest BCUT2D eigenvalue weighted by atomic mass is 16.5. The molecule has 3 nitrogen and oxygen atoms in total. The van der Waals surface area contributed by atoms with E-state index >= 15 is 0 Å². The SMILES string of the molecule is C#CCOC/C=C/C(=O)O. The van der Waals surface area contributed by atoms with Crippen LogP contribution in [-0.2, 0) is 9.53 Å². The molecule has 0 rings (SSSR count). The van der Waals surface area contributed by atoms with Crippen LogP contribution in [0.5, 0.6) is 0 Å². The summed E-state index contributed by atoms with van der Waals surface area (Å²) in [7, 11) is 0. The average Bonchev–Trinajstić information content (AvgIpc) is 1.87. The molecule has 0 saturated heterocycles. The zero-order valence-electron chi connectivity index (χ0n) is 5.41. The third kappa shape index (κ3) is 6.73. The van der Waals surface area contributed by atoms with Crippen molar-refractivity contribution in [2.45, 2.75) is 0 Å². The molecule has 0 saturated carbocycles. The summed E-state index contributed by atoms with van der Waals surface area (Å²) in [5.74, 6) is 1.27. The van der Waals surface area contributed by atoms with Crippen molar-refractivity contribution in [3.05, 3.63) is 12.2 Å². The van der Waals surface area contributed by atoms with Gasteiger partial charge in [-0.3, -0.25) is 0 Å². The van der Waals surface area contributed by atoms with Crippen molar-refractivity contribution < 1.29 is 14.6 Å². The van der Waals surface area contributed by atoms with Gasteiger partial charge in [-0.25, -0.2) is 4.79 Å². The molecule has 0 aliphatic carbocycles. The number of ether oxygens (including phenoxy) is 1. The van der Waals surface area contributed by atoms with E-state index in [0.29, 0.717) is 0 Å². The fraction of sp³-hybridized carbons (Fsp3) is 0.286. The van der Waals surface area contributed by atoms with Gasteiger partial charge in [0.2, 0.25) is 0 Å².